The molecule has 4 heteroatoms. The van der Waals surface area contributed by atoms with Crippen molar-refractivity contribution in [2.45, 2.75) is 58.5 Å². The number of halogens is 1. The van der Waals surface area contributed by atoms with E-state index in [1.165, 1.54) is 31.7 Å². The molecule has 0 unspecified atom stereocenters. The lowest BCUT2D eigenvalue weighted by atomic mass is 10.0. The van der Waals surface area contributed by atoms with Crippen LogP contribution in [-0.4, -0.2) is 22.7 Å². The number of nitrogens with one attached hydrogen (secondary N) is 1. The highest BCUT2D eigenvalue weighted by molar-refractivity contribution is 5.44. The smallest absolute Gasteiger partial charge is 0.146 e. The Labute approximate surface area is 139 Å². The largest absolute Gasteiger partial charge is 0.395 e. The fourth-order valence-electron chi connectivity index (χ4n) is 3.08. The summed E-state index contributed by atoms with van der Waals surface area (Å²) in [5.41, 5.74) is 1.21. The first kappa shape index (κ1) is 18.1. The van der Waals surface area contributed by atoms with Crippen molar-refractivity contribution in [3.63, 3.8) is 0 Å². The maximum absolute atomic E-state index is 13.9. The molecule has 0 bridgehead atoms. The summed E-state index contributed by atoms with van der Waals surface area (Å²) in [6, 6.07) is 3.15. The van der Waals surface area contributed by atoms with Crippen molar-refractivity contribution in [2.75, 3.05) is 6.61 Å². The third kappa shape index (κ3) is 5.70. The zero-order chi connectivity index (χ0) is 16.7. The van der Waals surface area contributed by atoms with Gasteiger partial charge >= 0.3 is 0 Å². The van der Waals surface area contributed by atoms with Crippen LogP contribution in [0.25, 0.3) is 6.08 Å². The Morgan fingerprint density at radius 3 is 2.74 bits per heavy atom. The minimum absolute atomic E-state index is 0.0419. The Hall–Kier alpha value is -1.26. The van der Waals surface area contributed by atoms with Gasteiger partial charge in [-0.3, -0.25) is 0 Å². The molecule has 1 saturated carbocycles. The van der Waals surface area contributed by atoms with E-state index in [2.05, 4.69) is 16.4 Å². The van der Waals surface area contributed by atoms with Gasteiger partial charge in [-0.15, -0.1) is 0 Å². The predicted molar refractivity (Wildman–Crippen MR) is 92.4 cm³/mol. The second-order valence-corrected chi connectivity index (χ2v) is 6.87. The molecule has 0 saturated heterocycles. The van der Waals surface area contributed by atoms with E-state index in [0.29, 0.717) is 12.2 Å². The molecule has 23 heavy (non-hydrogen) atoms. The van der Waals surface area contributed by atoms with Gasteiger partial charge in [-0.2, -0.15) is 0 Å². The molecule has 0 amide bonds. The minimum atomic E-state index is -0.300. The number of aliphatic hydroxyl groups excluding tert-OH is 1. The molecule has 1 aliphatic rings. The number of rotatable bonds is 8. The van der Waals surface area contributed by atoms with Crippen molar-refractivity contribution >= 4 is 6.08 Å². The van der Waals surface area contributed by atoms with Gasteiger partial charge in [0.25, 0.3) is 0 Å². The van der Waals surface area contributed by atoms with Gasteiger partial charge < -0.3 is 10.4 Å². The molecule has 1 heterocycles. The zero-order valence-corrected chi connectivity index (χ0v) is 14.3. The molecule has 1 aromatic heterocycles. The lowest BCUT2D eigenvalue weighted by molar-refractivity contribution is 0.209. The quantitative estimate of drug-likeness (QED) is 0.763. The van der Waals surface area contributed by atoms with Gasteiger partial charge in [0.2, 0.25) is 0 Å². The van der Waals surface area contributed by atoms with E-state index >= 15 is 0 Å². The fourth-order valence-corrected chi connectivity index (χ4v) is 3.08. The number of aromatic nitrogens is 1. The van der Waals surface area contributed by atoms with Gasteiger partial charge in [0.15, 0.2) is 0 Å². The van der Waals surface area contributed by atoms with Crippen molar-refractivity contribution in [1.82, 2.24) is 10.3 Å². The maximum atomic E-state index is 13.9. The summed E-state index contributed by atoms with van der Waals surface area (Å²) in [7, 11) is 0. The van der Waals surface area contributed by atoms with Crippen LogP contribution in [0.3, 0.4) is 0 Å². The highest BCUT2D eigenvalue weighted by atomic mass is 19.1. The van der Waals surface area contributed by atoms with E-state index in [9.17, 15) is 9.50 Å². The monoisotopic (exact) mass is 320 g/mol. The van der Waals surface area contributed by atoms with E-state index in [0.717, 1.165) is 18.0 Å². The average Bonchev–Trinajstić information content (AvgIpc) is 3.03. The van der Waals surface area contributed by atoms with Crippen LogP contribution in [0.15, 0.2) is 18.2 Å². The van der Waals surface area contributed by atoms with Crippen LogP contribution >= 0.6 is 0 Å². The van der Waals surface area contributed by atoms with E-state index in [-0.39, 0.29) is 24.4 Å². The number of hydrogen-bond acceptors (Lipinski definition) is 3. The van der Waals surface area contributed by atoms with Crippen LogP contribution in [0.2, 0.25) is 0 Å². The van der Waals surface area contributed by atoms with Crippen LogP contribution in [0.1, 0.15) is 57.3 Å². The topological polar surface area (TPSA) is 45.1 Å². The van der Waals surface area contributed by atoms with Crippen LogP contribution in [-0.2, 0) is 6.54 Å². The highest BCUT2D eigenvalue weighted by Gasteiger charge is 2.14. The third-order valence-electron chi connectivity index (χ3n) is 4.71. The number of nitrogens with zero attached hydrogens (tertiary/aromatic N) is 1. The molecule has 3 nitrogen and oxygen atoms in total. The van der Waals surface area contributed by atoms with Crippen molar-refractivity contribution in [1.29, 1.82) is 0 Å². The Balaban J connectivity index is 1.93. The van der Waals surface area contributed by atoms with E-state index < -0.39 is 0 Å². The Morgan fingerprint density at radius 1 is 1.35 bits per heavy atom. The molecular weight excluding hydrogens is 291 g/mol. The van der Waals surface area contributed by atoms with Crippen LogP contribution in [0.4, 0.5) is 4.39 Å². The van der Waals surface area contributed by atoms with Gasteiger partial charge in [0.1, 0.15) is 5.82 Å². The molecule has 1 aliphatic carbocycles. The summed E-state index contributed by atoms with van der Waals surface area (Å²) in [4.78, 5) is 4.40. The fraction of sp³-hybridized carbons (Fsp3) is 0.632. The summed E-state index contributed by atoms with van der Waals surface area (Å²) in [5, 5.41) is 12.5. The first-order valence-electron chi connectivity index (χ1n) is 8.76. The number of aliphatic hydroxyl groups is 1. The summed E-state index contributed by atoms with van der Waals surface area (Å²) in [6.07, 6.45) is 10.6. The molecule has 1 aromatic rings. The Morgan fingerprint density at radius 2 is 2.09 bits per heavy atom. The van der Waals surface area contributed by atoms with E-state index in [4.69, 9.17) is 0 Å². The van der Waals surface area contributed by atoms with Crippen molar-refractivity contribution in [2.24, 2.45) is 11.8 Å². The Bertz CT molecular complexity index is 510. The molecule has 2 rings (SSSR count). The summed E-state index contributed by atoms with van der Waals surface area (Å²) in [5.74, 6) is 0.799. The van der Waals surface area contributed by atoms with Crippen molar-refractivity contribution in [3.8, 4) is 0 Å². The summed E-state index contributed by atoms with van der Waals surface area (Å²) in [6.45, 7) is 4.43. The van der Waals surface area contributed by atoms with Gasteiger partial charge in [-0.1, -0.05) is 45.6 Å². The lowest BCUT2D eigenvalue weighted by Gasteiger charge is -2.19. The van der Waals surface area contributed by atoms with Crippen LogP contribution in [0.5, 0.6) is 0 Å². The minimum Gasteiger partial charge on any atom is -0.395 e. The predicted octanol–water partition coefficient (Wildman–Crippen LogP) is 3.92. The van der Waals surface area contributed by atoms with Crippen LogP contribution in [0, 0.1) is 17.7 Å². The third-order valence-corrected chi connectivity index (χ3v) is 4.71. The normalized spacial score (nSPS) is 17.4. The second kappa shape index (κ2) is 9.14. The van der Waals surface area contributed by atoms with E-state index in [1.807, 2.05) is 19.9 Å². The summed E-state index contributed by atoms with van der Waals surface area (Å²) < 4.78 is 13.9. The highest BCUT2D eigenvalue weighted by Crippen LogP contribution is 2.27. The Kier molecular flexibility index (Phi) is 7.18. The van der Waals surface area contributed by atoms with Gasteiger partial charge in [-0.25, -0.2) is 9.37 Å². The van der Waals surface area contributed by atoms with E-state index in [1.54, 1.807) is 6.07 Å². The lowest BCUT2D eigenvalue weighted by Crippen LogP contribution is -2.37. The van der Waals surface area contributed by atoms with Crippen LogP contribution < -0.4 is 5.32 Å². The standard InChI is InChI=1S/C19H29FN2O/c1-14(2)19(13-23)21-12-18-17(20)11-10-16(22-18)9-5-8-15-6-3-4-7-15/h5,9-11,14-15,19,21,23H,3-4,6-8,12-13H2,1-2H3/t19-/m0/s1. The number of allylic oxidation sites excluding steroid dienone is 1. The molecule has 1 fully saturated rings. The van der Waals surface area contributed by atoms with Gasteiger partial charge in [0, 0.05) is 12.6 Å². The second-order valence-electron chi connectivity index (χ2n) is 6.87. The number of hydrogen-bond donors (Lipinski definition) is 2. The van der Waals surface area contributed by atoms with Gasteiger partial charge in [-0.05, 0) is 36.5 Å². The molecule has 0 aliphatic heterocycles. The van der Waals surface area contributed by atoms with Crippen molar-refractivity contribution < 1.29 is 9.50 Å². The molecule has 1 atom stereocenters. The SMILES string of the molecule is CC(C)[C@H](CO)NCc1nc(C=CCC2CCCC2)ccc1F. The average molecular weight is 320 g/mol. The zero-order valence-electron chi connectivity index (χ0n) is 14.3. The first-order valence-corrected chi connectivity index (χ1v) is 8.76. The van der Waals surface area contributed by atoms with Crippen molar-refractivity contribution in [3.05, 3.63) is 35.4 Å². The molecular formula is C19H29FN2O. The van der Waals surface area contributed by atoms with Gasteiger partial charge in [0.05, 0.1) is 18.0 Å². The number of pyridine rings is 1. The molecule has 128 valence electrons. The molecule has 0 radical (unpaired) electrons. The molecule has 0 spiro atoms. The molecule has 0 aromatic carbocycles. The molecule has 2 N–H and O–H groups in total. The summed E-state index contributed by atoms with van der Waals surface area (Å²) >= 11 is 0. The maximum Gasteiger partial charge on any atom is 0.146 e. The first-order chi connectivity index (χ1) is 11.1.